The molecule has 1 aliphatic heterocycles. The van der Waals surface area contributed by atoms with Crippen molar-refractivity contribution in [1.29, 1.82) is 0 Å². The van der Waals surface area contributed by atoms with E-state index >= 15 is 0 Å². The van der Waals surface area contributed by atoms with Crippen molar-refractivity contribution in [3.63, 3.8) is 0 Å². The van der Waals surface area contributed by atoms with Crippen molar-refractivity contribution in [3.05, 3.63) is 72.2 Å². The number of rotatable bonds is 4. The van der Waals surface area contributed by atoms with Gasteiger partial charge < -0.3 is 20.1 Å². The summed E-state index contributed by atoms with van der Waals surface area (Å²) in [5, 5.41) is 5.75. The van der Waals surface area contributed by atoms with Gasteiger partial charge in [0, 0.05) is 11.3 Å². The largest absolute Gasteiger partial charge is 0.454 e. The number of anilines is 3. The summed E-state index contributed by atoms with van der Waals surface area (Å²) in [4.78, 5) is 16.6. The number of carbonyl (C=O) groups excluding carboxylic acids is 1. The minimum atomic E-state index is -0.331. The van der Waals surface area contributed by atoms with Gasteiger partial charge in [-0.2, -0.15) is 0 Å². The Bertz CT molecular complexity index is 960. The highest BCUT2D eigenvalue weighted by molar-refractivity contribution is 6.04. The SMILES string of the molecule is O=C(Nc1ccc(Nc2cccc(F)c2)nc1)c1ccc2c(c1)OCO2. The zero-order valence-corrected chi connectivity index (χ0v) is 13.5. The molecule has 0 bridgehead atoms. The van der Waals surface area contributed by atoms with E-state index in [-0.39, 0.29) is 18.5 Å². The molecule has 2 heterocycles. The third-order valence-corrected chi connectivity index (χ3v) is 3.75. The summed E-state index contributed by atoms with van der Waals surface area (Å²) in [6.07, 6.45) is 1.52. The van der Waals surface area contributed by atoms with Gasteiger partial charge >= 0.3 is 0 Å². The number of hydrogen-bond donors (Lipinski definition) is 2. The lowest BCUT2D eigenvalue weighted by molar-refractivity contribution is 0.102. The molecule has 130 valence electrons. The van der Waals surface area contributed by atoms with Crippen LogP contribution in [0.1, 0.15) is 10.4 Å². The Morgan fingerprint density at radius 2 is 1.88 bits per heavy atom. The number of hydrogen-bond acceptors (Lipinski definition) is 5. The average molecular weight is 351 g/mol. The molecule has 0 spiro atoms. The molecule has 3 aromatic rings. The molecule has 6 nitrogen and oxygen atoms in total. The predicted molar refractivity (Wildman–Crippen MR) is 94.4 cm³/mol. The van der Waals surface area contributed by atoms with Gasteiger partial charge in [-0.3, -0.25) is 4.79 Å². The van der Waals surface area contributed by atoms with Gasteiger partial charge in [-0.1, -0.05) is 6.07 Å². The second-order valence-corrected chi connectivity index (χ2v) is 5.59. The van der Waals surface area contributed by atoms with Crippen LogP contribution < -0.4 is 20.1 Å². The highest BCUT2D eigenvalue weighted by Crippen LogP contribution is 2.32. The lowest BCUT2D eigenvalue weighted by Gasteiger charge is -2.08. The third-order valence-electron chi connectivity index (χ3n) is 3.75. The first-order chi connectivity index (χ1) is 12.7. The van der Waals surface area contributed by atoms with Crippen LogP contribution in [0, 0.1) is 5.82 Å². The normalized spacial score (nSPS) is 11.9. The highest BCUT2D eigenvalue weighted by Gasteiger charge is 2.16. The Labute approximate surface area is 148 Å². The van der Waals surface area contributed by atoms with Crippen LogP contribution in [0.3, 0.4) is 0 Å². The molecular formula is C19H14FN3O3. The van der Waals surface area contributed by atoms with Crippen molar-refractivity contribution in [1.82, 2.24) is 4.98 Å². The summed E-state index contributed by atoms with van der Waals surface area (Å²) in [5.41, 5.74) is 1.59. The van der Waals surface area contributed by atoms with Gasteiger partial charge in [0.1, 0.15) is 11.6 Å². The van der Waals surface area contributed by atoms with Gasteiger partial charge in [0.2, 0.25) is 6.79 Å². The summed E-state index contributed by atoms with van der Waals surface area (Å²) in [6, 6.07) is 14.5. The van der Waals surface area contributed by atoms with Gasteiger partial charge in [-0.25, -0.2) is 9.37 Å². The number of carbonyl (C=O) groups is 1. The van der Waals surface area contributed by atoms with E-state index in [0.29, 0.717) is 34.3 Å². The van der Waals surface area contributed by atoms with Crippen LogP contribution in [0.4, 0.5) is 21.6 Å². The fraction of sp³-hybridized carbons (Fsp3) is 0.0526. The van der Waals surface area contributed by atoms with Gasteiger partial charge in [-0.05, 0) is 48.5 Å². The summed E-state index contributed by atoms with van der Waals surface area (Å²) < 4.78 is 23.7. The molecule has 0 fully saturated rings. The molecule has 1 amide bonds. The summed E-state index contributed by atoms with van der Waals surface area (Å²) in [6.45, 7) is 0.157. The molecule has 0 saturated carbocycles. The maximum atomic E-state index is 13.2. The van der Waals surface area contributed by atoms with Crippen LogP contribution in [-0.2, 0) is 0 Å². The average Bonchev–Trinajstić information content (AvgIpc) is 3.11. The number of fused-ring (bicyclic) bond motifs is 1. The Balaban J connectivity index is 1.43. The fourth-order valence-electron chi connectivity index (χ4n) is 2.50. The van der Waals surface area contributed by atoms with Crippen molar-refractivity contribution in [2.45, 2.75) is 0 Å². The molecule has 1 aliphatic rings. The van der Waals surface area contributed by atoms with Crippen LogP contribution in [0.2, 0.25) is 0 Å². The van der Waals surface area contributed by atoms with E-state index in [0.717, 1.165) is 0 Å². The summed E-state index contributed by atoms with van der Waals surface area (Å²) in [7, 11) is 0. The van der Waals surface area contributed by atoms with Crippen LogP contribution in [0.15, 0.2) is 60.8 Å². The first-order valence-electron chi connectivity index (χ1n) is 7.87. The summed E-state index contributed by atoms with van der Waals surface area (Å²) in [5.74, 6) is 1.09. The van der Waals surface area contributed by atoms with Crippen LogP contribution >= 0.6 is 0 Å². The Kier molecular flexibility index (Phi) is 4.10. The van der Waals surface area contributed by atoms with E-state index in [9.17, 15) is 9.18 Å². The molecular weight excluding hydrogens is 337 g/mol. The molecule has 0 aliphatic carbocycles. The monoisotopic (exact) mass is 351 g/mol. The molecule has 4 rings (SSSR count). The highest BCUT2D eigenvalue weighted by atomic mass is 19.1. The number of amides is 1. The van der Waals surface area contributed by atoms with Crippen molar-refractivity contribution in [2.24, 2.45) is 0 Å². The maximum Gasteiger partial charge on any atom is 0.255 e. The van der Waals surface area contributed by atoms with E-state index in [1.807, 2.05) is 0 Å². The van der Waals surface area contributed by atoms with E-state index in [1.54, 1.807) is 42.5 Å². The Morgan fingerprint density at radius 3 is 2.69 bits per heavy atom. The zero-order chi connectivity index (χ0) is 17.9. The molecule has 0 saturated heterocycles. The second kappa shape index (κ2) is 6.72. The summed E-state index contributed by atoms with van der Waals surface area (Å²) >= 11 is 0. The Morgan fingerprint density at radius 1 is 1.00 bits per heavy atom. The molecule has 1 aromatic heterocycles. The van der Waals surface area contributed by atoms with Crippen molar-refractivity contribution in [3.8, 4) is 11.5 Å². The number of nitrogens with one attached hydrogen (secondary N) is 2. The zero-order valence-electron chi connectivity index (χ0n) is 13.5. The van der Waals surface area contributed by atoms with E-state index in [2.05, 4.69) is 15.6 Å². The standard InChI is InChI=1S/C19H14FN3O3/c20-13-2-1-3-14(9-13)22-18-7-5-15(10-21-18)23-19(24)12-4-6-16-17(8-12)26-11-25-16/h1-10H,11H2,(H,21,22)(H,23,24). The number of benzene rings is 2. The molecule has 2 N–H and O–H groups in total. The number of halogens is 1. The number of nitrogens with zero attached hydrogens (tertiary/aromatic N) is 1. The lowest BCUT2D eigenvalue weighted by atomic mass is 10.2. The van der Waals surface area contributed by atoms with E-state index in [4.69, 9.17) is 9.47 Å². The lowest BCUT2D eigenvalue weighted by Crippen LogP contribution is -2.12. The second-order valence-electron chi connectivity index (χ2n) is 5.59. The van der Waals surface area contributed by atoms with Gasteiger partial charge in [-0.15, -0.1) is 0 Å². The van der Waals surface area contributed by atoms with Crippen LogP contribution in [-0.4, -0.2) is 17.7 Å². The van der Waals surface area contributed by atoms with Gasteiger partial charge in [0.25, 0.3) is 5.91 Å². The fourth-order valence-corrected chi connectivity index (χ4v) is 2.50. The minimum absolute atomic E-state index is 0.157. The quantitative estimate of drug-likeness (QED) is 0.745. The third kappa shape index (κ3) is 3.41. The Hall–Kier alpha value is -3.61. The smallest absolute Gasteiger partial charge is 0.255 e. The number of ether oxygens (including phenoxy) is 2. The molecule has 0 radical (unpaired) electrons. The number of pyridine rings is 1. The van der Waals surface area contributed by atoms with E-state index < -0.39 is 0 Å². The van der Waals surface area contributed by atoms with Crippen molar-refractivity contribution in [2.75, 3.05) is 17.4 Å². The van der Waals surface area contributed by atoms with E-state index in [1.165, 1.54) is 18.3 Å². The molecule has 0 atom stereocenters. The van der Waals surface area contributed by atoms with Crippen molar-refractivity contribution >= 4 is 23.1 Å². The molecule has 26 heavy (non-hydrogen) atoms. The van der Waals surface area contributed by atoms with Crippen LogP contribution in [0.25, 0.3) is 0 Å². The molecule has 2 aromatic carbocycles. The molecule has 7 heteroatoms. The van der Waals surface area contributed by atoms with Gasteiger partial charge in [0.15, 0.2) is 11.5 Å². The van der Waals surface area contributed by atoms with Crippen molar-refractivity contribution < 1.29 is 18.7 Å². The van der Waals surface area contributed by atoms with Gasteiger partial charge in [0.05, 0.1) is 11.9 Å². The number of aromatic nitrogens is 1. The maximum absolute atomic E-state index is 13.2. The first kappa shape index (κ1) is 15.9. The predicted octanol–water partition coefficient (Wildman–Crippen LogP) is 3.95. The minimum Gasteiger partial charge on any atom is -0.454 e. The van der Waals surface area contributed by atoms with Crippen LogP contribution in [0.5, 0.6) is 11.5 Å². The molecule has 0 unspecified atom stereocenters. The topological polar surface area (TPSA) is 72.5 Å². The first-order valence-corrected chi connectivity index (χ1v) is 7.87.